The van der Waals surface area contributed by atoms with Gasteiger partial charge in [-0.25, -0.2) is 4.39 Å². The molecule has 1 aromatic rings. The van der Waals surface area contributed by atoms with Gasteiger partial charge in [-0.05, 0) is 49.9 Å². The predicted molar refractivity (Wildman–Crippen MR) is 62.3 cm³/mol. The summed E-state index contributed by atoms with van der Waals surface area (Å²) in [6.45, 7) is 1.97. The van der Waals surface area contributed by atoms with E-state index in [4.69, 9.17) is 0 Å². The van der Waals surface area contributed by atoms with Crippen molar-refractivity contribution >= 4 is 5.91 Å². The van der Waals surface area contributed by atoms with E-state index in [0.717, 1.165) is 19.3 Å². The molecule has 0 radical (unpaired) electrons. The Labute approximate surface area is 99.7 Å². The molecule has 2 rings (SSSR count). The first-order valence-corrected chi connectivity index (χ1v) is 5.76. The largest absolute Gasteiger partial charge is 0.388 e. The fraction of sp³-hybridized carbons (Fsp3) is 0.462. The van der Waals surface area contributed by atoms with Gasteiger partial charge in [0.05, 0.1) is 5.60 Å². The number of hydrogen-bond donors (Lipinski definition) is 2. The fourth-order valence-corrected chi connectivity index (χ4v) is 1.98. The molecule has 0 aliphatic heterocycles. The summed E-state index contributed by atoms with van der Waals surface area (Å²) in [6, 6.07) is 4.20. The summed E-state index contributed by atoms with van der Waals surface area (Å²) >= 11 is 0. The third kappa shape index (κ3) is 2.82. The first-order chi connectivity index (χ1) is 7.98. The van der Waals surface area contributed by atoms with Gasteiger partial charge in [-0.3, -0.25) is 4.79 Å². The SMILES string of the molecule is Cc1cc(F)cc(C(=O)NCC2(O)CCC2)c1. The summed E-state index contributed by atoms with van der Waals surface area (Å²) in [5.41, 5.74) is 0.251. The molecular formula is C13H16FNO2. The van der Waals surface area contributed by atoms with E-state index in [2.05, 4.69) is 5.32 Å². The Bertz CT molecular complexity index is 421. The number of aliphatic hydroxyl groups is 1. The van der Waals surface area contributed by atoms with Crippen molar-refractivity contribution in [3.05, 3.63) is 35.1 Å². The van der Waals surface area contributed by atoms with Crippen molar-refractivity contribution in [1.82, 2.24) is 5.32 Å². The number of rotatable bonds is 3. The second-order valence-electron chi connectivity index (χ2n) is 4.78. The van der Waals surface area contributed by atoms with E-state index in [-0.39, 0.29) is 12.5 Å². The van der Waals surface area contributed by atoms with Crippen LogP contribution < -0.4 is 5.32 Å². The highest BCUT2D eigenvalue weighted by Gasteiger charge is 2.34. The van der Waals surface area contributed by atoms with E-state index in [1.54, 1.807) is 13.0 Å². The Hall–Kier alpha value is -1.42. The molecule has 1 amide bonds. The standard InChI is InChI=1S/C13H16FNO2/c1-9-5-10(7-11(14)6-9)12(16)15-8-13(17)3-2-4-13/h5-7,17H,2-4,8H2,1H3,(H,15,16). The zero-order valence-corrected chi connectivity index (χ0v) is 9.79. The van der Waals surface area contributed by atoms with E-state index < -0.39 is 11.4 Å². The van der Waals surface area contributed by atoms with Crippen LogP contribution in [0.1, 0.15) is 35.2 Å². The smallest absolute Gasteiger partial charge is 0.251 e. The van der Waals surface area contributed by atoms with Crippen LogP contribution in [0.5, 0.6) is 0 Å². The van der Waals surface area contributed by atoms with E-state index >= 15 is 0 Å². The minimum Gasteiger partial charge on any atom is -0.388 e. The van der Waals surface area contributed by atoms with Crippen molar-refractivity contribution in [2.75, 3.05) is 6.54 Å². The first-order valence-electron chi connectivity index (χ1n) is 5.76. The second-order valence-corrected chi connectivity index (χ2v) is 4.78. The van der Waals surface area contributed by atoms with Gasteiger partial charge in [-0.15, -0.1) is 0 Å². The topological polar surface area (TPSA) is 49.3 Å². The lowest BCUT2D eigenvalue weighted by molar-refractivity contribution is -0.0300. The summed E-state index contributed by atoms with van der Waals surface area (Å²) < 4.78 is 13.1. The normalized spacial score (nSPS) is 17.4. The van der Waals surface area contributed by atoms with Gasteiger partial charge in [0, 0.05) is 12.1 Å². The predicted octanol–water partition coefficient (Wildman–Crippen LogP) is 1.78. The number of amides is 1. The van der Waals surface area contributed by atoms with Crippen LogP contribution >= 0.6 is 0 Å². The van der Waals surface area contributed by atoms with Crippen LogP contribution in [0.2, 0.25) is 0 Å². The molecule has 1 fully saturated rings. The lowest BCUT2D eigenvalue weighted by atomic mass is 9.80. The van der Waals surface area contributed by atoms with Gasteiger partial charge < -0.3 is 10.4 Å². The number of carbonyl (C=O) groups excluding carboxylic acids is 1. The molecule has 0 unspecified atom stereocenters. The van der Waals surface area contributed by atoms with Gasteiger partial charge in [0.25, 0.3) is 5.91 Å². The molecular weight excluding hydrogens is 221 g/mol. The van der Waals surface area contributed by atoms with E-state index in [1.165, 1.54) is 12.1 Å². The van der Waals surface area contributed by atoms with Crippen molar-refractivity contribution in [3.63, 3.8) is 0 Å². The van der Waals surface area contributed by atoms with E-state index in [0.29, 0.717) is 11.1 Å². The molecule has 0 saturated heterocycles. The molecule has 17 heavy (non-hydrogen) atoms. The Balaban J connectivity index is 1.99. The number of nitrogens with one attached hydrogen (secondary N) is 1. The summed E-state index contributed by atoms with van der Waals surface area (Å²) in [4.78, 5) is 11.7. The highest BCUT2D eigenvalue weighted by molar-refractivity contribution is 5.94. The Morgan fingerprint density at radius 3 is 2.71 bits per heavy atom. The van der Waals surface area contributed by atoms with E-state index in [9.17, 15) is 14.3 Å². The van der Waals surface area contributed by atoms with Crippen LogP contribution in [0.15, 0.2) is 18.2 Å². The van der Waals surface area contributed by atoms with Gasteiger partial charge in [0.2, 0.25) is 0 Å². The maximum atomic E-state index is 13.1. The molecule has 0 aromatic heterocycles. The average molecular weight is 237 g/mol. The second kappa shape index (κ2) is 4.45. The maximum Gasteiger partial charge on any atom is 0.251 e. The van der Waals surface area contributed by atoms with Crippen LogP contribution in [0.3, 0.4) is 0 Å². The zero-order valence-electron chi connectivity index (χ0n) is 9.79. The van der Waals surface area contributed by atoms with Gasteiger partial charge in [0.15, 0.2) is 0 Å². The van der Waals surface area contributed by atoms with Gasteiger partial charge >= 0.3 is 0 Å². The Morgan fingerprint density at radius 1 is 1.47 bits per heavy atom. The highest BCUT2D eigenvalue weighted by atomic mass is 19.1. The summed E-state index contributed by atoms with van der Waals surface area (Å²) in [7, 11) is 0. The van der Waals surface area contributed by atoms with Crippen LogP contribution in [0, 0.1) is 12.7 Å². The molecule has 1 aliphatic carbocycles. The molecule has 1 aliphatic rings. The first kappa shape index (κ1) is 12.0. The van der Waals surface area contributed by atoms with Crippen molar-refractivity contribution in [1.29, 1.82) is 0 Å². The quantitative estimate of drug-likeness (QED) is 0.841. The Morgan fingerprint density at radius 2 is 2.18 bits per heavy atom. The van der Waals surface area contributed by atoms with Gasteiger partial charge in [0.1, 0.15) is 5.82 Å². The Kier molecular flexibility index (Phi) is 3.15. The monoisotopic (exact) mass is 237 g/mol. The number of hydrogen-bond acceptors (Lipinski definition) is 2. The zero-order chi connectivity index (χ0) is 12.5. The highest BCUT2D eigenvalue weighted by Crippen LogP contribution is 2.30. The maximum absolute atomic E-state index is 13.1. The third-order valence-corrected chi connectivity index (χ3v) is 3.17. The number of carbonyl (C=O) groups is 1. The fourth-order valence-electron chi connectivity index (χ4n) is 1.98. The number of aryl methyl sites for hydroxylation is 1. The van der Waals surface area contributed by atoms with Crippen molar-refractivity contribution in [3.8, 4) is 0 Å². The molecule has 1 aromatic carbocycles. The average Bonchev–Trinajstić information content (AvgIpc) is 2.22. The molecule has 3 nitrogen and oxygen atoms in total. The van der Waals surface area contributed by atoms with Gasteiger partial charge in [-0.1, -0.05) is 0 Å². The molecule has 4 heteroatoms. The van der Waals surface area contributed by atoms with E-state index in [1.807, 2.05) is 0 Å². The molecule has 0 atom stereocenters. The molecule has 92 valence electrons. The summed E-state index contributed by atoms with van der Waals surface area (Å²) in [6.07, 6.45) is 2.43. The lowest BCUT2D eigenvalue weighted by Gasteiger charge is -2.36. The molecule has 1 saturated carbocycles. The minimum atomic E-state index is -0.752. The van der Waals surface area contributed by atoms with Gasteiger partial charge in [-0.2, -0.15) is 0 Å². The molecule has 0 heterocycles. The minimum absolute atomic E-state index is 0.237. The van der Waals surface area contributed by atoms with Crippen molar-refractivity contribution < 1.29 is 14.3 Å². The van der Waals surface area contributed by atoms with Crippen molar-refractivity contribution in [2.45, 2.75) is 31.8 Å². The van der Waals surface area contributed by atoms with Crippen LogP contribution in [0.4, 0.5) is 4.39 Å². The molecule has 0 bridgehead atoms. The molecule has 2 N–H and O–H groups in total. The van der Waals surface area contributed by atoms with Crippen LogP contribution in [-0.2, 0) is 0 Å². The lowest BCUT2D eigenvalue weighted by Crippen LogP contribution is -2.47. The van der Waals surface area contributed by atoms with Crippen LogP contribution in [-0.4, -0.2) is 23.2 Å². The number of halogens is 1. The van der Waals surface area contributed by atoms with Crippen molar-refractivity contribution in [2.24, 2.45) is 0 Å². The molecule has 0 spiro atoms. The summed E-state index contributed by atoms with van der Waals surface area (Å²) in [5, 5.41) is 12.5. The summed E-state index contributed by atoms with van der Waals surface area (Å²) in [5.74, 6) is -0.759. The van der Waals surface area contributed by atoms with Crippen LogP contribution in [0.25, 0.3) is 0 Å². The number of benzene rings is 1. The third-order valence-electron chi connectivity index (χ3n) is 3.17.